The van der Waals surface area contributed by atoms with Crippen molar-refractivity contribution < 1.29 is 28.6 Å². The lowest BCUT2D eigenvalue weighted by atomic mass is 10.0. The van der Waals surface area contributed by atoms with Gasteiger partial charge in [0, 0.05) is 19.3 Å². The van der Waals surface area contributed by atoms with Crippen molar-refractivity contribution >= 4 is 17.9 Å². The van der Waals surface area contributed by atoms with Gasteiger partial charge < -0.3 is 14.2 Å². The third-order valence-electron chi connectivity index (χ3n) is 8.70. The number of esters is 3. The number of hydrogen-bond donors (Lipinski definition) is 0. The Kier molecular flexibility index (Phi) is 33.5. The molecule has 0 aliphatic heterocycles. The summed E-state index contributed by atoms with van der Waals surface area (Å²) in [5, 5.41) is 0. The summed E-state index contributed by atoms with van der Waals surface area (Å²) >= 11 is 0. The lowest BCUT2D eigenvalue weighted by Crippen LogP contribution is -2.31. The highest BCUT2D eigenvalue weighted by Crippen LogP contribution is 2.15. The molecule has 0 amide bonds. The Morgan fingerprint density at radius 2 is 0.717 bits per heavy atom. The number of carbonyl (C=O) groups is 3. The van der Waals surface area contributed by atoms with Crippen LogP contribution < -0.4 is 0 Å². The highest BCUT2D eigenvalue weighted by Gasteiger charge is 2.20. The standard InChI is InChI=1S/C40H76O6/c1-5-7-9-11-13-15-17-19-21-23-25-27-29-31-38(41)44-34-37(35-45-40(43)33-36(3)4)46-39(42)32-30-28-26-24-22-20-18-16-14-12-10-8-6-2/h36-37H,5-35H2,1-4H3. The molecule has 0 saturated heterocycles. The SMILES string of the molecule is CCCCCCCCCCCCCCCC(=O)OCC(COC(=O)CC(C)C)OC(=O)CCCCCCCCCCCCCCC. The number of hydrogen-bond acceptors (Lipinski definition) is 6. The Bertz CT molecular complexity index is 691. The van der Waals surface area contributed by atoms with Crippen LogP contribution in [-0.4, -0.2) is 37.2 Å². The lowest BCUT2D eigenvalue weighted by Gasteiger charge is -2.18. The minimum atomic E-state index is -0.763. The maximum absolute atomic E-state index is 12.5. The smallest absolute Gasteiger partial charge is 0.306 e. The van der Waals surface area contributed by atoms with Gasteiger partial charge in [-0.3, -0.25) is 14.4 Å². The van der Waals surface area contributed by atoms with Gasteiger partial charge >= 0.3 is 17.9 Å². The summed E-state index contributed by atoms with van der Waals surface area (Å²) in [4.78, 5) is 37.0. The molecule has 0 N–H and O–H groups in total. The largest absolute Gasteiger partial charge is 0.462 e. The van der Waals surface area contributed by atoms with Gasteiger partial charge in [-0.05, 0) is 18.8 Å². The molecule has 0 fully saturated rings. The average molecular weight is 653 g/mol. The first kappa shape index (κ1) is 44.4. The van der Waals surface area contributed by atoms with Gasteiger partial charge in [0.2, 0.25) is 0 Å². The van der Waals surface area contributed by atoms with Crippen molar-refractivity contribution in [1.29, 1.82) is 0 Å². The summed E-state index contributed by atoms with van der Waals surface area (Å²) in [6, 6.07) is 0. The zero-order valence-corrected chi connectivity index (χ0v) is 31.0. The Balaban J connectivity index is 4.08. The van der Waals surface area contributed by atoms with Crippen LogP contribution in [-0.2, 0) is 28.6 Å². The van der Waals surface area contributed by atoms with Crippen LogP contribution in [0.25, 0.3) is 0 Å². The van der Waals surface area contributed by atoms with Crippen LogP contribution in [0, 0.1) is 5.92 Å². The fourth-order valence-corrected chi connectivity index (χ4v) is 5.77. The number of unbranched alkanes of at least 4 members (excludes halogenated alkanes) is 24. The first-order valence-electron chi connectivity index (χ1n) is 19.9. The molecular weight excluding hydrogens is 576 g/mol. The van der Waals surface area contributed by atoms with E-state index in [1.807, 2.05) is 13.8 Å². The monoisotopic (exact) mass is 653 g/mol. The van der Waals surface area contributed by atoms with E-state index < -0.39 is 6.10 Å². The van der Waals surface area contributed by atoms with Crippen molar-refractivity contribution in [3.05, 3.63) is 0 Å². The van der Waals surface area contributed by atoms with E-state index in [9.17, 15) is 14.4 Å². The maximum Gasteiger partial charge on any atom is 0.306 e. The molecule has 0 radical (unpaired) electrons. The zero-order valence-electron chi connectivity index (χ0n) is 31.0. The van der Waals surface area contributed by atoms with Crippen molar-refractivity contribution in [3.63, 3.8) is 0 Å². The molecular formula is C40H76O6. The second-order valence-corrected chi connectivity index (χ2v) is 14.1. The summed E-state index contributed by atoms with van der Waals surface area (Å²) < 4.78 is 16.4. The van der Waals surface area contributed by atoms with Gasteiger partial charge in [0.05, 0.1) is 0 Å². The summed E-state index contributed by atoms with van der Waals surface area (Å²) in [6.07, 6.45) is 32.8. The maximum atomic E-state index is 12.5. The quantitative estimate of drug-likeness (QED) is 0.0385. The van der Waals surface area contributed by atoms with Gasteiger partial charge in [0.25, 0.3) is 0 Å². The van der Waals surface area contributed by atoms with E-state index in [4.69, 9.17) is 14.2 Å². The van der Waals surface area contributed by atoms with Gasteiger partial charge in [0.1, 0.15) is 13.2 Å². The van der Waals surface area contributed by atoms with Crippen LogP contribution >= 0.6 is 0 Å². The van der Waals surface area contributed by atoms with E-state index in [0.717, 1.165) is 38.5 Å². The number of carbonyl (C=O) groups excluding carboxylic acids is 3. The molecule has 0 heterocycles. The second-order valence-electron chi connectivity index (χ2n) is 14.1. The third-order valence-corrected chi connectivity index (χ3v) is 8.70. The summed E-state index contributed by atoms with van der Waals surface area (Å²) in [7, 11) is 0. The van der Waals surface area contributed by atoms with Crippen LogP contribution in [0.2, 0.25) is 0 Å². The molecule has 0 spiro atoms. The first-order chi connectivity index (χ1) is 22.4. The van der Waals surface area contributed by atoms with Crippen LogP contribution in [0.5, 0.6) is 0 Å². The highest BCUT2D eigenvalue weighted by molar-refractivity contribution is 5.71. The fraction of sp³-hybridized carbons (Fsp3) is 0.925. The Labute approximate surface area is 285 Å². The van der Waals surface area contributed by atoms with Crippen molar-refractivity contribution in [2.45, 2.75) is 220 Å². The second kappa shape index (κ2) is 34.7. The molecule has 272 valence electrons. The normalized spacial score (nSPS) is 11.9. The molecule has 6 nitrogen and oxygen atoms in total. The van der Waals surface area contributed by atoms with E-state index in [-0.39, 0.29) is 37.0 Å². The molecule has 0 aromatic carbocycles. The van der Waals surface area contributed by atoms with Gasteiger partial charge in [0.15, 0.2) is 6.10 Å². The van der Waals surface area contributed by atoms with E-state index in [0.29, 0.717) is 19.3 Å². The van der Waals surface area contributed by atoms with Crippen molar-refractivity contribution in [1.82, 2.24) is 0 Å². The molecule has 46 heavy (non-hydrogen) atoms. The lowest BCUT2D eigenvalue weighted by molar-refractivity contribution is -0.167. The van der Waals surface area contributed by atoms with Gasteiger partial charge in [-0.1, -0.05) is 182 Å². The predicted octanol–water partition coefficient (Wildman–Crippen LogP) is 12.0. The van der Waals surface area contributed by atoms with Crippen molar-refractivity contribution in [2.75, 3.05) is 13.2 Å². The van der Waals surface area contributed by atoms with Gasteiger partial charge in [-0.25, -0.2) is 0 Å². The van der Waals surface area contributed by atoms with E-state index in [1.54, 1.807) is 0 Å². The van der Waals surface area contributed by atoms with Crippen LogP contribution in [0.4, 0.5) is 0 Å². The summed E-state index contributed by atoms with van der Waals surface area (Å²) in [5.74, 6) is -0.748. The molecule has 0 aliphatic carbocycles. The number of ether oxygens (including phenoxy) is 3. The molecule has 0 aromatic rings. The molecule has 0 aromatic heterocycles. The van der Waals surface area contributed by atoms with Gasteiger partial charge in [-0.2, -0.15) is 0 Å². The molecule has 6 heteroatoms. The minimum absolute atomic E-state index is 0.0728. The van der Waals surface area contributed by atoms with Crippen LogP contribution in [0.15, 0.2) is 0 Å². The van der Waals surface area contributed by atoms with E-state index in [1.165, 1.54) is 128 Å². The summed E-state index contributed by atoms with van der Waals surface area (Å²) in [5.41, 5.74) is 0. The Hall–Kier alpha value is -1.59. The van der Waals surface area contributed by atoms with Crippen molar-refractivity contribution in [2.24, 2.45) is 5.92 Å². The Morgan fingerprint density at radius 3 is 1.07 bits per heavy atom. The number of rotatable bonds is 35. The third kappa shape index (κ3) is 33.8. The first-order valence-corrected chi connectivity index (χ1v) is 19.9. The van der Waals surface area contributed by atoms with Gasteiger partial charge in [-0.15, -0.1) is 0 Å². The molecule has 1 unspecified atom stereocenters. The zero-order chi connectivity index (χ0) is 33.9. The van der Waals surface area contributed by atoms with Crippen molar-refractivity contribution in [3.8, 4) is 0 Å². The van der Waals surface area contributed by atoms with E-state index >= 15 is 0 Å². The predicted molar refractivity (Wildman–Crippen MR) is 192 cm³/mol. The highest BCUT2D eigenvalue weighted by atomic mass is 16.6. The topological polar surface area (TPSA) is 78.9 Å². The molecule has 0 bridgehead atoms. The molecule has 0 saturated carbocycles. The average Bonchev–Trinajstić information content (AvgIpc) is 3.02. The summed E-state index contributed by atoms with van der Waals surface area (Å²) in [6.45, 7) is 8.27. The molecule has 0 aliphatic rings. The minimum Gasteiger partial charge on any atom is -0.462 e. The van der Waals surface area contributed by atoms with Crippen LogP contribution in [0.3, 0.4) is 0 Å². The van der Waals surface area contributed by atoms with E-state index in [2.05, 4.69) is 13.8 Å². The Morgan fingerprint density at radius 1 is 0.413 bits per heavy atom. The molecule has 1 atom stereocenters. The fourth-order valence-electron chi connectivity index (χ4n) is 5.77. The van der Waals surface area contributed by atoms with Crippen LogP contribution in [0.1, 0.15) is 214 Å². The molecule has 0 rings (SSSR count).